The first-order valence-corrected chi connectivity index (χ1v) is 8.96. The molecule has 0 fully saturated rings. The number of aromatic amines is 1. The normalized spacial score (nSPS) is 11.3. The molecule has 1 nitrogen and oxygen atoms in total. The van der Waals surface area contributed by atoms with Crippen LogP contribution in [0.2, 0.25) is 0 Å². The van der Waals surface area contributed by atoms with Crippen LogP contribution in [0, 0.1) is 6.92 Å². The second-order valence-electron chi connectivity index (χ2n) is 6.84. The summed E-state index contributed by atoms with van der Waals surface area (Å²) in [6.45, 7) is 2.12. The highest BCUT2D eigenvalue weighted by molar-refractivity contribution is 6.11. The van der Waals surface area contributed by atoms with E-state index in [1.54, 1.807) is 0 Å². The molecule has 0 aliphatic heterocycles. The average molecular weight is 333 g/mol. The van der Waals surface area contributed by atoms with Gasteiger partial charge in [0.25, 0.3) is 0 Å². The zero-order chi connectivity index (χ0) is 17.5. The highest BCUT2D eigenvalue weighted by Crippen LogP contribution is 2.33. The van der Waals surface area contributed by atoms with Gasteiger partial charge in [-0.05, 0) is 29.7 Å². The molecule has 1 heteroatoms. The third kappa shape index (κ3) is 2.41. The zero-order valence-corrected chi connectivity index (χ0v) is 14.7. The van der Waals surface area contributed by atoms with Crippen molar-refractivity contribution in [3.05, 3.63) is 96.6 Å². The topological polar surface area (TPSA) is 15.8 Å². The molecule has 5 aromatic rings. The van der Waals surface area contributed by atoms with Crippen LogP contribution in [0.3, 0.4) is 0 Å². The molecule has 1 heterocycles. The van der Waals surface area contributed by atoms with Gasteiger partial charge in [0.15, 0.2) is 0 Å². The number of rotatable bonds is 2. The maximum Gasteiger partial charge on any atom is 0.0544 e. The fraction of sp³-hybridized carbons (Fsp3) is 0.0400. The van der Waals surface area contributed by atoms with Gasteiger partial charge >= 0.3 is 0 Å². The number of benzene rings is 4. The van der Waals surface area contributed by atoms with Crippen LogP contribution in [0.1, 0.15) is 5.56 Å². The maximum atomic E-state index is 3.60. The summed E-state index contributed by atoms with van der Waals surface area (Å²) in [7, 11) is 0. The lowest BCUT2D eigenvalue weighted by molar-refractivity contribution is 1.47. The molecule has 0 unspecified atom stereocenters. The van der Waals surface area contributed by atoms with E-state index in [4.69, 9.17) is 0 Å². The van der Waals surface area contributed by atoms with Crippen LogP contribution in [-0.4, -0.2) is 4.98 Å². The van der Waals surface area contributed by atoms with Crippen molar-refractivity contribution in [1.82, 2.24) is 4.98 Å². The Morgan fingerprint density at radius 1 is 0.538 bits per heavy atom. The van der Waals surface area contributed by atoms with Gasteiger partial charge in [0, 0.05) is 21.9 Å². The Labute approximate surface area is 152 Å². The SMILES string of the molecule is Cc1ccc(-c2ccc(-c3cccc4c3[nH]c3ccccc34)cc2)cc1. The number of H-pyrrole nitrogens is 1. The van der Waals surface area contributed by atoms with Crippen molar-refractivity contribution in [3.63, 3.8) is 0 Å². The molecule has 1 aromatic heterocycles. The lowest BCUT2D eigenvalue weighted by Crippen LogP contribution is -1.82. The van der Waals surface area contributed by atoms with Gasteiger partial charge in [-0.25, -0.2) is 0 Å². The molecule has 26 heavy (non-hydrogen) atoms. The monoisotopic (exact) mass is 333 g/mol. The quantitative estimate of drug-likeness (QED) is 0.359. The maximum absolute atomic E-state index is 3.60. The van der Waals surface area contributed by atoms with Gasteiger partial charge in [-0.1, -0.05) is 90.5 Å². The van der Waals surface area contributed by atoms with Gasteiger partial charge in [0.2, 0.25) is 0 Å². The number of hydrogen-bond acceptors (Lipinski definition) is 0. The number of aromatic nitrogens is 1. The average Bonchev–Trinajstić information content (AvgIpc) is 3.08. The molecule has 0 saturated heterocycles. The lowest BCUT2D eigenvalue weighted by Gasteiger charge is -2.07. The van der Waals surface area contributed by atoms with Gasteiger partial charge < -0.3 is 4.98 Å². The minimum atomic E-state index is 1.19. The van der Waals surface area contributed by atoms with Gasteiger partial charge in [-0.15, -0.1) is 0 Å². The molecule has 0 radical (unpaired) electrons. The fourth-order valence-electron chi connectivity index (χ4n) is 3.70. The Kier molecular flexibility index (Phi) is 3.39. The molecule has 0 spiro atoms. The van der Waals surface area contributed by atoms with Crippen molar-refractivity contribution in [2.75, 3.05) is 0 Å². The first kappa shape index (κ1) is 15.0. The van der Waals surface area contributed by atoms with Crippen molar-refractivity contribution in [2.24, 2.45) is 0 Å². The molecule has 5 rings (SSSR count). The molecule has 0 aliphatic carbocycles. The van der Waals surface area contributed by atoms with Crippen LogP contribution in [-0.2, 0) is 0 Å². The van der Waals surface area contributed by atoms with E-state index >= 15 is 0 Å². The van der Waals surface area contributed by atoms with E-state index in [0.717, 1.165) is 0 Å². The second-order valence-corrected chi connectivity index (χ2v) is 6.84. The van der Waals surface area contributed by atoms with Crippen molar-refractivity contribution in [2.45, 2.75) is 6.92 Å². The van der Waals surface area contributed by atoms with E-state index in [9.17, 15) is 0 Å². The van der Waals surface area contributed by atoms with Crippen LogP contribution in [0.15, 0.2) is 91.0 Å². The first-order chi connectivity index (χ1) is 12.8. The molecule has 0 bridgehead atoms. The van der Waals surface area contributed by atoms with Gasteiger partial charge in [0.05, 0.1) is 5.52 Å². The molecular formula is C25H19N. The summed E-state index contributed by atoms with van der Waals surface area (Å²) >= 11 is 0. The summed E-state index contributed by atoms with van der Waals surface area (Å²) in [5.74, 6) is 0. The molecule has 0 saturated carbocycles. The molecule has 124 valence electrons. The molecular weight excluding hydrogens is 314 g/mol. The van der Waals surface area contributed by atoms with Gasteiger partial charge in [-0.3, -0.25) is 0 Å². The van der Waals surface area contributed by atoms with Gasteiger partial charge in [0.1, 0.15) is 0 Å². The summed E-state index contributed by atoms with van der Waals surface area (Å²) in [4.78, 5) is 3.60. The number of nitrogens with one attached hydrogen (secondary N) is 1. The number of hydrogen-bond donors (Lipinski definition) is 1. The summed E-state index contributed by atoms with van der Waals surface area (Å²) in [6.07, 6.45) is 0. The predicted molar refractivity (Wildman–Crippen MR) is 111 cm³/mol. The van der Waals surface area contributed by atoms with E-state index < -0.39 is 0 Å². The van der Waals surface area contributed by atoms with E-state index in [2.05, 4.69) is 103 Å². The van der Waals surface area contributed by atoms with Crippen molar-refractivity contribution >= 4 is 21.8 Å². The Morgan fingerprint density at radius 2 is 1.15 bits per heavy atom. The van der Waals surface area contributed by atoms with E-state index in [0.29, 0.717) is 0 Å². The minimum absolute atomic E-state index is 1.19. The Bertz CT molecular complexity index is 1210. The summed E-state index contributed by atoms with van der Waals surface area (Å²) in [6, 6.07) is 32.6. The number of aryl methyl sites for hydroxylation is 1. The van der Waals surface area contributed by atoms with Crippen LogP contribution in [0.5, 0.6) is 0 Å². The van der Waals surface area contributed by atoms with Crippen LogP contribution >= 0.6 is 0 Å². The summed E-state index contributed by atoms with van der Waals surface area (Å²) < 4.78 is 0. The third-order valence-electron chi connectivity index (χ3n) is 5.12. The molecule has 0 aliphatic rings. The van der Waals surface area contributed by atoms with Gasteiger partial charge in [-0.2, -0.15) is 0 Å². The molecule has 1 N–H and O–H groups in total. The fourth-order valence-corrected chi connectivity index (χ4v) is 3.70. The Balaban J connectivity index is 1.62. The minimum Gasteiger partial charge on any atom is -0.354 e. The van der Waals surface area contributed by atoms with E-state index in [1.165, 1.54) is 49.6 Å². The Hall–Kier alpha value is -3.32. The van der Waals surface area contributed by atoms with Crippen molar-refractivity contribution in [1.29, 1.82) is 0 Å². The van der Waals surface area contributed by atoms with E-state index in [1.807, 2.05) is 0 Å². The van der Waals surface area contributed by atoms with Crippen LogP contribution < -0.4 is 0 Å². The lowest BCUT2D eigenvalue weighted by atomic mass is 9.98. The predicted octanol–water partition coefficient (Wildman–Crippen LogP) is 6.96. The van der Waals surface area contributed by atoms with Crippen molar-refractivity contribution < 1.29 is 0 Å². The molecule has 0 amide bonds. The van der Waals surface area contributed by atoms with Crippen LogP contribution in [0.4, 0.5) is 0 Å². The largest absolute Gasteiger partial charge is 0.354 e. The Morgan fingerprint density at radius 3 is 1.92 bits per heavy atom. The van der Waals surface area contributed by atoms with Crippen LogP contribution in [0.25, 0.3) is 44.1 Å². The standard InChI is InChI=1S/C25H19N/c1-17-9-11-18(12-10-17)19-13-15-20(16-14-19)21-6-4-7-23-22-5-2-3-8-24(22)26-25(21)23/h2-16,26H,1H3. The highest BCUT2D eigenvalue weighted by atomic mass is 14.7. The summed E-state index contributed by atoms with van der Waals surface area (Å²) in [5.41, 5.74) is 8.66. The zero-order valence-electron chi connectivity index (χ0n) is 14.7. The first-order valence-electron chi connectivity index (χ1n) is 8.96. The smallest absolute Gasteiger partial charge is 0.0544 e. The van der Waals surface area contributed by atoms with Crippen molar-refractivity contribution in [3.8, 4) is 22.3 Å². The molecule has 0 atom stereocenters. The summed E-state index contributed by atoms with van der Waals surface area (Å²) in [5, 5.41) is 2.56. The second kappa shape index (κ2) is 5.89. The third-order valence-corrected chi connectivity index (χ3v) is 5.12. The molecule has 4 aromatic carbocycles. The number of para-hydroxylation sites is 2. The number of fused-ring (bicyclic) bond motifs is 3. The van der Waals surface area contributed by atoms with E-state index in [-0.39, 0.29) is 0 Å². The highest BCUT2D eigenvalue weighted by Gasteiger charge is 2.09.